The molecule has 106 valence electrons. The molecule has 0 radical (unpaired) electrons. The molecule has 2 aromatic rings. The predicted molar refractivity (Wildman–Crippen MR) is 82.9 cm³/mol. The number of nitrogens with zero attached hydrogens (tertiary/aromatic N) is 1. The van der Waals surface area contributed by atoms with E-state index in [0.717, 1.165) is 10.2 Å². The Morgan fingerprint density at radius 1 is 1.45 bits per heavy atom. The number of fused-ring (bicyclic) bond motifs is 1. The van der Waals surface area contributed by atoms with Crippen molar-refractivity contribution in [1.29, 1.82) is 0 Å². The highest BCUT2D eigenvalue weighted by Crippen LogP contribution is 2.28. The second kappa shape index (κ2) is 5.40. The zero-order valence-corrected chi connectivity index (χ0v) is 12.4. The number of nitrogens with one attached hydrogen (secondary N) is 1. The average molecular weight is 289 g/mol. The molecule has 0 spiro atoms. The van der Waals surface area contributed by atoms with Gasteiger partial charge in [-0.25, -0.2) is 4.98 Å². The third-order valence-corrected chi connectivity index (χ3v) is 4.98. The minimum atomic E-state index is -0.00160. The van der Waals surface area contributed by atoms with Crippen LogP contribution < -0.4 is 11.1 Å². The van der Waals surface area contributed by atoms with Crippen molar-refractivity contribution < 1.29 is 4.79 Å². The van der Waals surface area contributed by atoms with Gasteiger partial charge in [-0.1, -0.05) is 24.2 Å². The van der Waals surface area contributed by atoms with Gasteiger partial charge in [-0.2, -0.15) is 0 Å². The lowest BCUT2D eigenvalue weighted by atomic mass is 9.99. The van der Waals surface area contributed by atoms with Gasteiger partial charge in [0.2, 0.25) is 0 Å². The Balaban J connectivity index is 1.74. The van der Waals surface area contributed by atoms with E-state index in [-0.39, 0.29) is 11.9 Å². The number of carbonyl (C=O) groups is 1. The number of nitrogens with two attached hydrogens (primary N) is 1. The lowest BCUT2D eigenvalue weighted by molar-refractivity contribution is 0.0927. The molecule has 5 heteroatoms. The van der Waals surface area contributed by atoms with E-state index in [4.69, 9.17) is 5.73 Å². The first-order valence-corrected chi connectivity index (χ1v) is 7.92. The first-order valence-electron chi connectivity index (χ1n) is 7.10. The van der Waals surface area contributed by atoms with E-state index in [9.17, 15) is 4.79 Å². The van der Waals surface area contributed by atoms with E-state index >= 15 is 0 Å². The molecule has 0 bridgehead atoms. The summed E-state index contributed by atoms with van der Waals surface area (Å²) >= 11 is 1.41. The van der Waals surface area contributed by atoms with Gasteiger partial charge in [0.15, 0.2) is 5.13 Å². The van der Waals surface area contributed by atoms with Crippen LogP contribution in [0.3, 0.4) is 0 Å². The zero-order valence-electron chi connectivity index (χ0n) is 11.6. The summed E-state index contributed by atoms with van der Waals surface area (Å²) in [5.41, 5.74) is 7.23. The van der Waals surface area contributed by atoms with Gasteiger partial charge in [0.1, 0.15) is 0 Å². The summed E-state index contributed by atoms with van der Waals surface area (Å²) in [6.07, 6.45) is 5.03. The molecule has 4 nitrogen and oxygen atoms in total. The Morgan fingerprint density at radius 3 is 2.95 bits per heavy atom. The molecule has 1 aromatic heterocycles. The van der Waals surface area contributed by atoms with E-state index < -0.39 is 0 Å². The average Bonchev–Trinajstić information content (AvgIpc) is 3.05. The lowest BCUT2D eigenvalue weighted by Gasteiger charge is -2.20. The van der Waals surface area contributed by atoms with Crippen LogP contribution in [0.2, 0.25) is 0 Å². The minimum absolute atomic E-state index is 0.00160. The van der Waals surface area contributed by atoms with Crippen molar-refractivity contribution in [3.8, 4) is 0 Å². The normalized spacial score (nSPS) is 17.4. The van der Waals surface area contributed by atoms with Crippen molar-refractivity contribution in [3.63, 3.8) is 0 Å². The molecular weight excluding hydrogens is 270 g/mol. The molecule has 20 heavy (non-hydrogen) atoms. The number of hydrogen-bond donors (Lipinski definition) is 2. The maximum atomic E-state index is 12.3. The monoisotopic (exact) mass is 289 g/mol. The highest BCUT2D eigenvalue weighted by Gasteiger charge is 2.23. The van der Waals surface area contributed by atoms with Crippen LogP contribution in [0, 0.1) is 5.92 Å². The number of carbonyl (C=O) groups excluding carboxylic acids is 1. The summed E-state index contributed by atoms with van der Waals surface area (Å²) < 4.78 is 0.962. The number of aromatic nitrogens is 1. The number of hydrogen-bond acceptors (Lipinski definition) is 4. The van der Waals surface area contributed by atoms with Gasteiger partial charge < -0.3 is 11.1 Å². The number of rotatable bonds is 3. The fourth-order valence-corrected chi connectivity index (χ4v) is 3.72. The summed E-state index contributed by atoms with van der Waals surface area (Å²) in [5, 5.41) is 3.66. The van der Waals surface area contributed by atoms with Crippen LogP contribution in [-0.2, 0) is 0 Å². The van der Waals surface area contributed by atoms with Crippen LogP contribution in [0.15, 0.2) is 18.2 Å². The maximum Gasteiger partial charge on any atom is 0.251 e. The van der Waals surface area contributed by atoms with Crippen molar-refractivity contribution in [2.45, 2.75) is 38.6 Å². The van der Waals surface area contributed by atoms with Crippen molar-refractivity contribution in [2.24, 2.45) is 5.92 Å². The largest absolute Gasteiger partial charge is 0.375 e. The lowest BCUT2D eigenvalue weighted by Crippen LogP contribution is -2.37. The van der Waals surface area contributed by atoms with Crippen LogP contribution in [0.1, 0.15) is 43.0 Å². The Hall–Kier alpha value is -1.62. The van der Waals surface area contributed by atoms with Gasteiger partial charge in [-0.3, -0.25) is 4.79 Å². The molecule has 1 atom stereocenters. The molecule has 0 aliphatic heterocycles. The summed E-state index contributed by atoms with van der Waals surface area (Å²) in [4.78, 5) is 16.5. The van der Waals surface area contributed by atoms with E-state index in [0.29, 0.717) is 16.6 Å². The topological polar surface area (TPSA) is 68.0 Å². The van der Waals surface area contributed by atoms with Crippen LogP contribution in [0.5, 0.6) is 0 Å². The van der Waals surface area contributed by atoms with Crippen molar-refractivity contribution in [2.75, 3.05) is 5.73 Å². The molecule has 1 heterocycles. The quantitative estimate of drug-likeness (QED) is 0.911. The molecule has 1 fully saturated rings. The van der Waals surface area contributed by atoms with Gasteiger partial charge in [0.25, 0.3) is 5.91 Å². The molecule has 0 saturated heterocycles. The number of nitrogen functional groups attached to an aromatic ring is 1. The molecule has 3 rings (SSSR count). The third kappa shape index (κ3) is 2.63. The Kier molecular flexibility index (Phi) is 3.61. The maximum absolute atomic E-state index is 12.3. The van der Waals surface area contributed by atoms with E-state index in [2.05, 4.69) is 17.2 Å². The van der Waals surface area contributed by atoms with Crippen molar-refractivity contribution in [3.05, 3.63) is 23.8 Å². The van der Waals surface area contributed by atoms with E-state index in [1.807, 2.05) is 18.2 Å². The van der Waals surface area contributed by atoms with Crippen molar-refractivity contribution in [1.82, 2.24) is 10.3 Å². The predicted octanol–water partition coefficient (Wildman–Crippen LogP) is 3.19. The Morgan fingerprint density at radius 2 is 2.20 bits per heavy atom. The molecule has 1 saturated carbocycles. The fourth-order valence-electron chi connectivity index (χ4n) is 2.95. The van der Waals surface area contributed by atoms with E-state index in [1.54, 1.807) is 0 Å². The molecule has 1 aliphatic carbocycles. The summed E-state index contributed by atoms with van der Waals surface area (Å²) in [7, 11) is 0. The minimum Gasteiger partial charge on any atom is -0.375 e. The smallest absolute Gasteiger partial charge is 0.251 e. The summed E-state index contributed by atoms with van der Waals surface area (Å²) in [6.45, 7) is 2.11. The van der Waals surface area contributed by atoms with Crippen LogP contribution >= 0.6 is 11.3 Å². The Labute approximate surface area is 122 Å². The van der Waals surface area contributed by atoms with Gasteiger partial charge in [-0.15, -0.1) is 0 Å². The van der Waals surface area contributed by atoms with Crippen LogP contribution in [0.25, 0.3) is 10.2 Å². The zero-order chi connectivity index (χ0) is 14.1. The summed E-state index contributed by atoms with van der Waals surface area (Å²) in [6, 6.07) is 5.79. The first-order chi connectivity index (χ1) is 9.63. The third-order valence-electron chi connectivity index (χ3n) is 4.13. The SMILES string of the molecule is C[C@@H](NC(=O)c1ccc2nc(N)sc2c1)C1CCCC1. The number of anilines is 1. The number of benzene rings is 1. The standard InChI is InChI=1S/C15H19N3OS/c1-9(10-4-2-3-5-10)17-14(19)11-6-7-12-13(8-11)20-15(16)18-12/h6-10H,2-5H2,1H3,(H2,16,18)(H,17,19)/t9-/m1/s1. The molecule has 1 amide bonds. The van der Waals surface area contributed by atoms with Gasteiger partial charge in [0.05, 0.1) is 10.2 Å². The number of amides is 1. The molecular formula is C15H19N3OS. The van der Waals surface area contributed by atoms with Gasteiger partial charge in [0, 0.05) is 11.6 Å². The molecule has 1 aliphatic rings. The van der Waals surface area contributed by atoms with Gasteiger partial charge >= 0.3 is 0 Å². The van der Waals surface area contributed by atoms with Crippen molar-refractivity contribution >= 4 is 32.6 Å². The van der Waals surface area contributed by atoms with E-state index in [1.165, 1.54) is 37.0 Å². The second-order valence-electron chi connectivity index (χ2n) is 5.54. The molecule has 3 N–H and O–H groups in total. The molecule has 0 unspecified atom stereocenters. The van der Waals surface area contributed by atoms with Gasteiger partial charge in [-0.05, 0) is 43.9 Å². The van der Waals surface area contributed by atoms with Crippen LogP contribution in [-0.4, -0.2) is 16.9 Å². The summed E-state index contributed by atoms with van der Waals surface area (Å²) in [5.74, 6) is 0.625. The fraction of sp³-hybridized carbons (Fsp3) is 0.467. The number of thiazole rings is 1. The Bertz CT molecular complexity index is 631. The first kappa shape index (κ1) is 13.4. The highest BCUT2D eigenvalue weighted by atomic mass is 32.1. The second-order valence-corrected chi connectivity index (χ2v) is 6.60. The molecule has 1 aromatic carbocycles. The highest BCUT2D eigenvalue weighted by molar-refractivity contribution is 7.22. The van der Waals surface area contributed by atoms with Crippen LogP contribution in [0.4, 0.5) is 5.13 Å².